The standard InChI is InChI=1S/C23H31FN4O4S/c1-3-4-5-6-11-25-20(29)14-19-16-33-23(26-19)27-21(30)15-28(12-13-32-2)22(31)17-7-9-18(24)10-8-17/h7-10,16H,3-6,11-15H2,1-2H3,(H,25,29)(H,26,27,30). The first-order valence-electron chi connectivity index (χ1n) is 11.0. The Kier molecular flexibility index (Phi) is 11.5. The van der Waals surface area contributed by atoms with Gasteiger partial charge in [-0.3, -0.25) is 14.4 Å². The maximum Gasteiger partial charge on any atom is 0.254 e. The number of hydrogen-bond donors (Lipinski definition) is 2. The molecular weight excluding hydrogens is 447 g/mol. The normalized spacial score (nSPS) is 10.6. The number of amides is 3. The van der Waals surface area contributed by atoms with Crippen molar-refractivity contribution < 1.29 is 23.5 Å². The van der Waals surface area contributed by atoms with Gasteiger partial charge in [-0.1, -0.05) is 26.2 Å². The molecular formula is C23H31FN4O4S. The average molecular weight is 479 g/mol. The second kappa shape index (κ2) is 14.3. The Balaban J connectivity index is 1.87. The fourth-order valence-electron chi connectivity index (χ4n) is 3.01. The zero-order chi connectivity index (χ0) is 24.1. The van der Waals surface area contributed by atoms with Gasteiger partial charge in [0.1, 0.15) is 12.4 Å². The van der Waals surface area contributed by atoms with Crippen molar-refractivity contribution in [3.63, 3.8) is 0 Å². The molecule has 0 bridgehead atoms. The number of thiazole rings is 1. The molecule has 180 valence electrons. The van der Waals surface area contributed by atoms with Crippen LogP contribution < -0.4 is 10.6 Å². The molecule has 0 atom stereocenters. The Morgan fingerprint density at radius 1 is 1.12 bits per heavy atom. The molecule has 1 heterocycles. The molecule has 0 aliphatic rings. The molecule has 0 radical (unpaired) electrons. The van der Waals surface area contributed by atoms with Gasteiger partial charge >= 0.3 is 0 Å². The third-order valence-electron chi connectivity index (χ3n) is 4.77. The Morgan fingerprint density at radius 2 is 1.88 bits per heavy atom. The Bertz CT molecular complexity index is 904. The van der Waals surface area contributed by atoms with Crippen molar-refractivity contribution in [3.8, 4) is 0 Å². The van der Waals surface area contributed by atoms with Crippen LogP contribution in [0.1, 0.15) is 48.7 Å². The first-order valence-corrected chi connectivity index (χ1v) is 11.9. The molecule has 1 aromatic heterocycles. The molecule has 2 aromatic rings. The maximum atomic E-state index is 13.2. The molecule has 0 aliphatic carbocycles. The summed E-state index contributed by atoms with van der Waals surface area (Å²) in [6, 6.07) is 5.13. The highest BCUT2D eigenvalue weighted by molar-refractivity contribution is 7.13. The number of ether oxygens (including phenoxy) is 1. The van der Waals surface area contributed by atoms with Crippen LogP contribution in [0.4, 0.5) is 9.52 Å². The van der Waals surface area contributed by atoms with Crippen molar-refractivity contribution >= 4 is 34.2 Å². The van der Waals surface area contributed by atoms with Crippen LogP contribution in [0.15, 0.2) is 29.6 Å². The van der Waals surface area contributed by atoms with E-state index < -0.39 is 17.6 Å². The summed E-state index contributed by atoms with van der Waals surface area (Å²) < 4.78 is 18.2. The number of aromatic nitrogens is 1. The molecule has 0 saturated heterocycles. The predicted octanol–water partition coefficient (Wildman–Crippen LogP) is 3.25. The van der Waals surface area contributed by atoms with Gasteiger partial charge in [0, 0.05) is 31.1 Å². The number of unbranched alkanes of at least 4 members (excludes halogenated alkanes) is 3. The summed E-state index contributed by atoms with van der Waals surface area (Å²) in [7, 11) is 1.50. The molecule has 3 amide bonds. The van der Waals surface area contributed by atoms with E-state index in [0.29, 0.717) is 17.4 Å². The third kappa shape index (κ3) is 9.67. The van der Waals surface area contributed by atoms with Gasteiger partial charge in [0.05, 0.1) is 18.7 Å². The summed E-state index contributed by atoms with van der Waals surface area (Å²) in [5.41, 5.74) is 0.845. The van der Waals surface area contributed by atoms with E-state index in [1.165, 1.54) is 47.6 Å². The molecule has 2 rings (SSSR count). The molecule has 0 spiro atoms. The van der Waals surface area contributed by atoms with Gasteiger partial charge in [-0.05, 0) is 30.7 Å². The smallest absolute Gasteiger partial charge is 0.254 e. The second-order valence-electron chi connectivity index (χ2n) is 7.51. The largest absolute Gasteiger partial charge is 0.383 e. The number of carbonyl (C=O) groups is 3. The van der Waals surface area contributed by atoms with Crippen LogP contribution in [-0.2, 0) is 20.7 Å². The number of hydrogen-bond acceptors (Lipinski definition) is 6. The van der Waals surface area contributed by atoms with Crippen LogP contribution >= 0.6 is 11.3 Å². The molecule has 0 fully saturated rings. The van der Waals surface area contributed by atoms with Crippen molar-refractivity contribution in [1.82, 2.24) is 15.2 Å². The minimum Gasteiger partial charge on any atom is -0.383 e. The Labute approximate surface area is 197 Å². The number of carbonyl (C=O) groups excluding carboxylic acids is 3. The van der Waals surface area contributed by atoms with Crippen LogP contribution in [0.3, 0.4) is 0 Å². The number of nitrogens with zero attached hydrogens (tertiary/aromatic N) is 2. The van der Waals surface area contributed by atoms with Crippen LogP contribution in [0.2, 0.25) is 0 Å². The highest BCUT2D eigenvalue weighted by Gasteiger charge is 2.20. The second-order valence-corrected chi connectivity index (χ2v) is 8.36. The van der Waals surface area contributed by atoms with Crippen LogP contribution in [0.5, 0.6) is 0 Å². The lowest BCUT2D eigenvalue weighted by atomic mass is 10.2. The molecule has 0 unspecified atom stereocenters. The van der Waals surface area contributed by atoms with Gasteiger partial charge in [0.25, 0.3) is 5.91 Å². The average Bonchev–Trinajstić information content (AvgIpc) is 3.22. The minimum absolute atomic E-state index is 0.106. The molecule has 8 nitrogen and oxygen atoms in total. The number of rotatable bonds is 14. The van der Waals surface area contributed by atoms with E-state index in [1.807, 2.05) is 0 Å². The van der Waals surface area contributed by atoms with Crippen molar-refractivity contribution in [2.45, 2.75) is 39.0 Å². The predicted molar refractivity (Wildman–Crippen MR) is 126 cm³/mol. The molecule has 2 N–H and O–H groups in total. The Morgan fingerprint density at radius 3 is 2.58 bits per heavy atom. The third-order valence-corrected chi connectivity index (χ3v) is 5.58. The summed E-state index contributed by atoms with van der Waals surface area (Å²) in [5.74, 6) is -1.39. The highest BCUT2D eigenvalue weighted by atomic mass is 32.1. The van der Waals surface area contributed by atoms with E-state index in [1.54, 1.807) is 5.38 Å². The highest BCUT2D eigenvalue weighted by Crippen LogP contribution is 2.16. The zero-order valence-corrected chi connectivity index (χ0v) is 19.9. The maximum absolute atomic E-state index is 13.2. The van der Waals surface area contributed by atoms with Crippen LogP contribution in [0, 0.1) is 5.82 Å². The molecule has 0 saturated carbocycles. The number of benzene rings is 1. The number of methoxy groups -OCH3 is 1. The van der Waals surface area contributed by atoms with E-state index in [4.69, 9.17) is 4.74 Å². The van der Waals surface area contributed by atoms with Crippen molar-refractivity contribution in [1.29, 1.82) is 0 Å². The number of nitrogens with one attached hydrogen (secondary N) is 2. The topological polar surface area (TPSA) is 101 Å². The van der Waals surface area contributed by atoms with Crippen molar-refractivity contribution in [2.24, 2.45) is 0 Å². The Hall–Kier alpha value is -2.85. The van der Waals surface area contributed by atoms with E-state index in [9.17, 15) is 18.8 Å². The zero-order valence-electron chi connectivity index (χ0n) is 19.1. The van der Waals surface area contributed by atoms with E-state index in [-0.39, 0.29) is 37.6 Å². The molecule has 10 heteroatoms. The van der Waals surface area contributed by atoms with Gasteiger partial charge in [-0.2, -0.15) is 0 Å². The van der Waals surface area contributed by atoms with Gasteiger partial charge < -0.3 is 20.3 Å². The first kappa shape index (κ1) is 26.4. The fourth-order valence-corrected chi connectivity index (χ4v) is 3.74. The summed E-state index contributed by atoms with van der Waals surface area (Å²) in [5, 5.41) is 7.62. The van der Waals surface area contributed by atoms with Crippen LogP contribution in [0.25, 0.3) is 0 Å². The quantitative estimate of drug-likeness (QED) is 0.406. The monoisotopic (exact) mass is 478 g/mol. The van der Waals surface area contributed by atoms with Gasteiger partial charge in [0.15, 0.2) is 5.13 Å². The molecule has 0 aliphatic heterocycles. The fraction of sp³-hybridized carbons (Fsp3) is 0.478. The van der Waals surface area contributed by atoms with Gasteiger partial charge in [0.2, 0.25) is 11.8 Å². The lowest BCUT2D eigenvalue weighted by Gasteiger charge is -2.21. The minimum atomic E-state index is -0.447. The van der Waals surface area contributed by atoms with E-state index in [0.717, 1.165) is 25.7 Å². The van der Waals surface area contributed by atoms with E-state index >= 15 is 0 Å². The van der Waals surface area contributed by atoms with Gasteiger partial charge in [-0.25, -0.2) is 9.37 Å². The summed E-state index contributed by atoms with van der Waals surface area (Å²) in [6.07, 6.45) is 4.49. The van der Waals surface area contributed by atoms with Crippen molar-refractivity contribution in [3.05, 3.63) is 46.7 Å². The molecule has 1 aromatic carbocycles. The number of anilines is 1. The summed E-state index contributed by atoms with van der Waals surface area (Å²) in [4.78, 5) is 42.9. The van der Waals surface area contributed by atoms with Crippen LogP contribution in [-0.4, -0.2) is 61.0 Å². The first-order chi connectivity index (χ1) is 15.9. The lowest BCUT2D eigenvalue weighted by Crippen LogP contribution is -2.40. The van der Waals surface area contributed by atoms with E-state index in [2.05, 4.69) is 22.5 Å². The SMILES string of the molecule is CCCCCCNC(=O)Cc1csc(NC(=O)CN(CCOC)C(=O)c2ccc(F)cc2)n1. The number of halogens is 1. The lowest BCUT2D eigenvalue weighted by molar-refractivity contribution is -0.120. The summed E-state index contributed by atoms with van der Waals surface area (Å²) in [6.45, 7) is 3.01. The van der Waals surface area contributed by atoms with Crippen molar-refractivity contribution in [2.75, 3.05) is 38.7 Å². The summed E-state index contributed by atoms with van der Waals surface area (Å²) >= 11 is 1.21. The molecule has 33 heavy (non-hydrogen) atoms. The van der Waals surface area contributed by atoms with Gasteiger partial charge in [-0.15, -0.1) is 11.3 Å².